The molecule has 0 amide bonds. The molecule has 1 saturated carbocycles. The van der Waals surface area contributed by atoms with Crippen LogP contribution in [0, 0.1) is 0 Å². The minimum atomic E-state index is 0.0976. The van der Waals surface area contributed by atoms with Crippen LogP contribution < -0.4 is 0 Å². The molecule has 26 heavy (non-hydrogen) atoms. The number of para-hydroxylation sites is 1. The third-order valence-electron chi connectivity index (χ3n) is 5.32. The van der Waals surface area contributed by atoms with E-state index >= 15 is 0 Å². The Labute approximate surface area is 152 Å². The molecule has 5 aromatic rings. The minimum absolute atomic E-state index is 0.0976. The molecule has 0 spiro atoms. The molecule has 9 heteroatoms. The van der Waals surface area contributed by atoms with Gasteiger partial charge in [0.25, 0.3) is 5.95 Å². The summed E-state index contributed by atoms with van der Waals surface area (Å²) in [4.78, 5) is 4.29. The Bertz CT molecular complexity index is 1320. The zero-order chi connectivity index (χ0) is 17.5. The summed E-state index contributed by atoms with van der Waals surface area (Å²) in [5.74, 6) is 0.591. The van der Waals surface area contributed by atoms with Crippen molar-refractivity contribution in [3.8, 4) is 5.95 Å². The van der Waals surface area contributed by atoms with Crippen molar-refractivity contribution in [3.63, 3.8) is 0 Å². The fraction of sp³-hybridized carbons (Fsp3) is 0.235. The SMILES string of the molecule is CC1(c2cnnn2-c2nnc3c4ccccc4n4c(Cl)ncc4n23)CC1. The van der Waals surface area contributed by atoms with Crippen LogP contribution >= 0.6 is 11.6 Å². The van der Waals surface area contributed by atoms with Crippen LogP contribution in [0.25, 0.3) is 28.1 Å². The molecule has 128 valence electrons. The van der Waals surface area contributed by atoms with E-state index in [2.05, 4.69) is 32.4 Å². The lowest BCUT2D eigenvalue weighted by atomic mass is 10.1. The number of rotatable bonds is 2. The normalized spacial score (nSPS) is 16.1. The Morgan fingerprint density at radius 3 is 2.77 bits per heavy atom. The average Bonchev–Trinajstić information content (AvgIpc) is 3.06. The van der Waals surface area contributed by atoms with Gasteiger partial charge in [0.05, 0.1) is 23.6 Å². The van der Waals surface area contributed by atoms with Crippen LogP contribution in [0.4, 0.5) is 0 Å². The van der Waals surface area contributed by atoms with Gasteiger partial charge < -0.3 is 0 Å². The Kier molecular flexibility index (Phi) is 2.50. The van der Waals surface area contributed by atoms with Crippen molar-refractivity contribution in [3.05, 3.63) is 47.6 Å². The highest BCUT2D eigenvalue weighted by molar-refractivity contribution is 6.29. The molecule has 1 fully saturated rings. The second kappa shape index (κ2) is 4.59. The van der Waals surface area contributed by atoms with Crippen LogP contribution in [0.15, 0.2) is 36.7 Å². The van der Waals surface area contributed by atoms with E-state index in [4.69, 9.17) is 11.6 Å². The highest BCUT2D eigenvalue weighted by Gasteiger charge is 2.43. The van der Waals surface area contributed by atoms with Crippen LogP contribution in [0.1, 0.15) is 25.5 Å². The summed E-state index contributed by atoms with van der Waals surface area (Å²) in [5.41, 5.74) is 3.60. The molecule has 6 rings (SSSR count). The van der Waals surface area contributed by atoms with Crippen molar-refractivity contribution in [1.82, 2.24) is 39.0 Å². The van der Waals surface area contributed by atoms with Crippen molar-refractivity contribution in [2.75, 3.05) is 0 Å². The molecule has 8 nitrogen and oxygen atoms in total. The van der Waals surface area contributed by atoms with Crippen LogP contribution in [0.5, 0.6) is 0 Å². The monoisotopic (exact) mass is 364 g/mol. The largest absolute Gasteiger partial charge is 0.268 e. The van der Waals surface area contributed by atoms with Gasteiger partial charge in [-0.2, -0.15) is 4.68 Å². The smallest absolute Gasteiger partial charge is 0.259 e. The molecule has 0 radical (unpaired) electrons. The van der Waals surface area contributed by atoms with Crippen LogP contribution in [-0.2, 0) is 5.41 Å². The summed E-state index contributed by atoms with van der Waals surface area (Å²) in [5, 5.41) is 18.6. The molecule has 4 aromatic heterocycles. The molecule has 4 heterocycles. The maximum absolute atomic E-state index is 6.37. The number of halogens is 1. The van der Waals surface area contributed by atoms with Crippen molar-refractivity contribution in [1.29, 1.82) is 0 Å². The van der Waals surface area contributed by atoms with Crippen LogP contribution in [0.2, 0.25) is 5.28 Å². The fourth-order valence-corrected chi connectivity index (χ4v) is 3.82. The highest BCUT2D eigenvalue weighted by Crippen LogP contribution is 2.47. The van der Waals surface area contributed by atoms with Gasteiger partial charge in [0.2, 0.25) is 5.28 Å². The molecule has 0 aliphatic heterocycles. The van der Waals surface area contributed by atoms with Gasteiger partial charge in [0, 0.05) is 10.8 Å². The van der Waals surface area contributed by atoms with E-state index in [1.165, 1.54) is 0 Å². The van der Waals surface area contributed by atoms with Crippen LogP contribution in [-0.4, -0.2) is 39.0 Å². The molecule has 0 atom stereocenters. The minimum Gasteiger partial charge on any atom is -0.268 e. The summed E-state index contributed by atoms with van der Waals surface area (Å²) in [7, 11) is 0. The summed E-state index contributed by atoms with van der Waals surface area (Å²) in [6.07, 6.45) is 5.78. The molecule has 1 aliphatic rings. The quantitative estimate of drug-likeness (QED) is 0.481. The van der Waals surface area contributed by atoms with E-state index in [-0.39, 0.29) is 5.41 Å². The third-order valence-corrected chi connectivity index (χ3v) is 5.58. The number of aromatic nitrogens is 8. The molecule has 1 aliphatic carbocycles. The zero-order valence-electron chi connectivity index (χ0n) is 13.8. The second-order valence-corrected chi connectivity index (χ2v) is 7.33. The molecular formula is C17H13ClN8. The predicted octanol–water partition coefficient (Wildman–Crippen LogP) is 2.82. The Morgan fingerprint density at radius 1 is 1.08 bits per heavy atom. The van der Waals surface area contributed by atoms with Gasteiger partial charge in [-0.05, 0) is 36.6 Å². The van der Waals surface area contributed by atoms with Gasteiger partial charge in [0.1, 0.15) is 5.65 Å². The van der Waals surface area contributed by atoms with Crippen molar-refractivity contribution >= 4 is 33.8 Å². The number of benzene rings is 1. The van der Waals surface area contributed by atoms with E-state index in [1.807, 2.05) is 39.3 Å². The van der Waals surface area contributed by atoms with Crippen molar-refractivity contribution in [2.24, 2.45) is 0 Å². The Morgan fingerprint density at radius 2 is 1.92 bits per heavy atom. The van der Waals surface area contributed by atoms with Crippen molar-refractivity contribution < 1.29 is 0 Å². The number of imidazole rings is 1. The third kappa shape index (κ3) is 1.67. The lowest BCUT2D eigenvalue weighted by Crippen LogP contribution is -2.13. The highest BCUT2D eigenvalue weighted by atomic mass is 35.5. The zero-order valence-corrected chi connectivity index (χ0v) is 14.6. The molecule has 0 saturated heterocycles. The summed E-state index contributed by atoms with van der Waals surface area (Å²) < 4.78 is 5.61. The number of hydrogen-bond acceptors (Lipinski definition) is 5. The van der Waals surface area contributed by atoms with Gasteiger partial charge in [-0.1, -0.05) is 24.3 Å². The lowest BCUT2D eigenvalue weighted by Gasteiger charge is -2.11. The molecule has 0 unspecified atom stereocenters. The maximum atomic E-state index is 6.37. The Balaban J connectivity index is 1.79. The summed E-state index contributed by atoms with van der Waals surface area (Å²) in [6, 6.07) is 7.94. The maximum Gasteiger partial charge on any atom is 0.259 e. The second-order valence-electron chi connectivity index (χ2n) is 6.99. The molecule has 1 aromatic carbocycles. The number of nitrogens with zero attached hydrogens (tertiary/aromatic N) is 8. The van der Waals surface area contributed by atoms with Crippen LogP contribution in [0.3, 0.4) is 0 Å². The molecule has 0 bridgehead atoms. The van der Waals surface area contributed by atoms with Gasteiger partial charge in [-0.25, -0.2) is 9.38 Å². The standard InChI is InChI=1S/C17H13ClN8/c1-17(6-7-17)12-8-20-23-26(12)16-22-21-14-10-4-2-3-5-11(10)24-13(25(14)16)9-19-15(24)18/h2-5,8-9H,6-7H2,1H3. The van der Waals surface area contributed by atoms with Gasteiger partial charge >= 0.3 is 0 Å². The van der Waals surface area contributed by atoms with Gasteiger partial charge in [-0.3, -0.25) is 4.40 Å². The molecular weight excluding hydrogens is 352 g/mol. The molecule has 0 N–H and O–H groups in total. The first kappa shape index (κ1) is 14.2. The first-order valence-electron chi connectivity index (χ1n) is 8.38. The Hall–Kier alpha value is -3.00. The summed E-state index contributed by atoms with van der Waals surface area (Å²) >= 11 is 6.37. The van der Waals surface area contributed by atoms with E-state index < -0.39 is 0 Å². The van der Waals surface area contributed by atoms with E-state index in [0.717, 1.165) is 40.7 Å². The van der Waals surface area contributed by atoms with E-state index in [0.29, 0.717) is 11.2 Å². The predicted molar refractivity (Wildman–Crippen MR) is 95.8 cm³/mol. The fourth-order valence-electron chi connectivity index (χ4n) is 3.60. The van der Waals surface area contributed by atoms with E-state index in [1.54, 1.807) is 10.9 Å². The van der Waals surface area contributed by atoms with Gasteiger partial charge in [-0.15, -0.1) is 15.3 Å². The number of fused-ring (bicyclic) bond motifs is 6. The average molecular weight is 365 g/mol. The van der Waals surface area contributed by atoms with Gasteiger partial charge in [0.15, 0.2) is 5.65 Å². The van der Waals surface area contributed by atoms with E-state index in [9.17, 15) is 0 Å². The lowest BCUT2D eigenvalue weighted by molar-refractivity contribution is 0.650. The number of hydrogen-bond donors (Lipinski definition) is 0. The van der Waals surface area contributed by atoms with Crippen molar-refractivity contribution in [2.45, 2.75) is 25.2 Å². The first-order chi connectivity index (χ1) is 12.7. The first-order valence-corrected chi connectivity index (χ1v) is 8.75. The topological polar surface area (TPSA) is 78.2 Å². The summed E-state index contributed by atoms with van der Waals surface area (Å²) in [6.45, 7) is 2.21.